The summed E-state index contributed by atoms with van der Waals surface area (Å²) in [7, 11) is -2.29. The fourth-order valence-corrected chi connectivity index (χ4v) is 6.19. The highest BCUT2D eigenvalue weighted by molar-refractivity contribution is 7.89. The minimum Gasteiger partial charge on any atom is -0.383 e. The van der Waals surface area contributed by atoms with Crippen LogP contribution in [0.15, 0.2) is 53.4 Å². The number of carbonyl (C=O) groups is 2. The summed E-state index contributed by atoms with van der Waals surface area (Å²) in [6.45, 7) is 2.86. The van der Waals surface area contributed by atoms with Gasteiger partial charge in [0, 0.05) is 32.3 Å². The number of hydrogen-bond acceptors (Lipinski definition) is 5. The molecule has 0 saturated carbocycles. The van der Waals surface area contributed by atoms with E-state index in [0.29, 0.717) is 38.1 Å². The molecular formula is C24H29N3O5S. The molecule has 0 bridgehead atoms. The molecule has 2 atom stereocenters. The van der Waals surface area contributed by atoms with Gasteiger partial charge in [0.05, 0.1) is 11.5 Å². The van der Waals surface area contributed by atoms with Gasteiger partial charge in [-0.1, -0.05) is 35.9 Å². The van der Waals surface area contributed by atoms with Crippen molar-refractivity contribution in [2.45, 2.75) is 43.2 Å². The third kappa shape index (κ3) is 4.53. The standard InChI is InChI=1S/C24H29N3O5S/c1-17-9-11-19(12-10-17)33(30,31)26-14-5-8-21(26)24(29)27-20-7-4-3-6-18(20)16-22(27)23(28)25-13-15-32-2/h3-4,6-7,9-12,21-22H,5,8,13-16H2,1-2H3,(H,25,28)/t21-,22-/m0/s1. The highest BCUT2D eigenvalue weighted by Gasteiger charge is 2.46. The fourth-order valence-electron chi connectivity index (χ4n) is 4.54. The van der Waals surface area contributed by atoms with Gasteiger partial charge in [-0.15, -0.1) is 0 Å². The highest BCUT2D eigenvalue weighted by Crippen LogP contribution is 2.36. The van der Waals surface area contributed by atoms with E-state index in [2.05, 4.69) is 5.32 Å². The first-order chi connectivity index (χ1) is 15.8. The van der Waals surface area contributed by atoms with Crippen molar-refractivity contribution >= 4 is 27.5 Å². The van der Waals surface area contributed by atoms with E-state index >= 15 is 0 Å². The van der Waals surface area contributed by atoms with Gasteiger partial charge in [-0.25, -0.2) is 8.42 Å². The molecule has 0 radical (unpaired) electrons. The SMILES string of the molecule is COCCNC(=O)[C@@H]1Cc2ccccc2N1C(=O)[C@@H]1CCCN1S(=O)(=O)c1ccc(C)cc1. The second kappa shape index (κ2) is 9.62. The first-order valence-electron chi connectivity index (χ1n) is 11.1. The van der Waals surface area contributed by atoms with Crippen LogP contribution in [-0.4, -0.2) is 63.4 Å². The Kier molecular flexibility index (Phi) is 6.83. The summed E-state index contributed by atoms with van der Waals surface area (Å²) in [5.74, 6) is -0.637. The maximum atomic E-state index is 13.8. The molecule has 2 aliphatic rings. The summed E-state index contributed by atoms with van der Waals surface area (Å²) in [4.78, 5) is 28.4. The lowest BCUT2D eigenvalue weighted by atomic mass is 10.1. The van der Waals surface area contributed by atoms with Crippen molar-refractivity contribution in [1.82, 2.24) is 9.62 Å². The smallest absolute Gasteiger partial charge is 0.246 e. The topological polar surface area (TPSA) is 96.0 Å². The van der Waals surface area contributed by atoms with E-state index in [9.17, 15) is 18.0 Å². The Balaban J connectivity index is 1.63. The minimum absolute atomic E-state index is 0.170. The molecule has 8 nitrogen and oxygen atoms in total. The van der Waals surface area contributed by atoms with Crippen LogP contribution >= 0.6 is 0 Å². The number of fused-ring (bicyclic) bond motifs is 1. The van der Waals surface area contributed by atoms with Gasteiger partial charge in [0.25, 0.3) is 0 Å². The molecule has 2 aromatic carbocycles. The zero-order valence-electron chi connectivity index (χ0n) is 18.9. The average molecular weight is 472 g/mol. The Morgan fingerprint density at radius 2 is 1.82 bits per heavy atom. The van der Waals surface area contributed by atoms with Gasteiger partial charge in [-0.3, -0.25) is 14.5 Å². The van der Waals surface area contributed by atoms with Crippen LogP contribution in [0.5, 0.6) is 0 Å². The maximum Gasteiger partial charge on any atom is 0.246 e. The van der Waals surface area contributed by atoms with Gasteiger partial charge in [0.1, 0.15) is 12.1 Å². The number of carbonyl (C=O) groups excluding carboxylic acids is 2. The van der Waals surface area contributed by atoms with Crippen molar-refractivity contribution in [1.29, 1.82) is 0 Å². The van der Waals surface area contributed by atoms with Gasteiger partial charge in [0.2, 0.25) is 21.8 Å². The number of benzene rings is 2. The highest BCUT2D eigenvalue weighted by atomic mass is 32.2. The molecule has 4 rings (SSSR count). The summed E-state index contributed by atoms with van der Waals surface area (Å²) in [6, 6.07) is 12.5. The predicted octanol–water partition coefficient (Wildman–Crippen LogP) is 1.87. The second-order valence-corrected chi connectivity index (χ2v) is 10.3. The summed E-state index contributed by atoms with van der Waals surface area (Å²) >= 11 is 0. The quantitative estimate of drug-likeness (QED) is 0.622. The van der Waals surface area contributed by atoms with Crippen LogP contribution in [0.2, 0.25) is 0 Å². The van der Waals surface area contributed by atoms with Crippen molar-refractivity contribution < 1.29 is 22.7 Å². The number of para-hydroxylation sites is 1. The largest absolute Gasteiger partial charge is 0.383 e. The first-order valence-corrected chi connectivity index (χ1v) is 12.5. The van der Waals surface area contributed by atoms with E-state index in [1.807, 2.05) is 31.2 Å². The number of amides is 2. The lowest BCUT2D eigenvalue weighted by Gasteiger charge is -2.31. The molecule has 0 aromatic heterocycles. The average Bonchev–Trinajstić information content (AvgIpc) is 3.45. The van der Waals surface area contributed by atoms with E-state index in [1.165, 1.54) is 9.21 Å². The zero-order chi connectivity index (χ0) is 23.6. The first kappa shape index (κ1) is 23.4. The van der Waals surface area contributed by atoms with Crippen LogP contribution < -0.4 is 10.2 Å². The third-order valence-electron chi connectivity index (χ3n) is 6.24. The van der Waals surface area contributed by atoms with Gasteiger partial charge in [-0.2, -0.15) is 4.31 Å². The van der Waals surface area contributed by atoms with Gasteiger partial charge in [-0.05, 0) is 43.5 Å². The van der Waals surface area contributed by atoms with Crippen LogP contribution in [0.3, 0.4) is 0 Å². The van der Waals surface area contributed by atoms with E-state index in [0.717, 1.165) is 11.1 Å². The number of anilines is 1. The van der Waals surface area contributed by atoms with Crippen molar-refractivity contribution in [3.05, 3.63) is 59.7 Å². The molecule has 0 spiro atoms. The minimum atomic E-state index is -3.84. The number of hydrogen-bond donors (Lipinski definition) is 1. The van der Waals surface area contributed by atoms with Crippen molar-refractivity contribution in [2.24, 2.45) is 0 Å². The van der Waals surface area contributed by atoms with Crippen molar-refractivity contribution in [2.75, 3.05) is 31.7 Å². The monoisotopic (exact) mass is 471 g/mol. The number of nitrogens with one attached hydrogen (secondary N) is 1. The predicted molar refractivity (Wildman–Crippen MR) is 124 cm³/mol. The van der Waals surface area contributed by atoms with Gasteiger partial charge < -0.3 is 10.1 Å². The molecule has 0 aliphatic carbocycles. The van der Waals surface area contributed by atoms with Crippen LogP contribution in [0, 0.1) is 6.92 Å². The van der Waals surface area contributed by atoms with E-state index < -0.39 is 22.1 Å². The Bertz CT molecular complexity index is 1130. The third-order valence-corrected chi connectivity index (χ3v) is 8.16. The van der Waals surface area contributed by atoms with Crippen LogP contribution in [0.4, 0.5) is 5.69 Å². The number of sulfonamides is 1. The van der Waals surface area contributed by atoms with E-state index in [4.69, 9.17) is 4.74 Å². The molecule has 0 unspecified atom stereocenters. The lowest BCUT2D eigenvalue weighted by molar-refractivity contribution is -0.127. The summed E-state index contributed by atoms with van der Waals surface area (Å²) < 4.78 is 33.0. The van der Waals surface area contributed by atoms with E-state index in [1.54, 1.807) is 31.4 Å². The Labute approximate surface area is 194 Å². The second-order valence-electron chi connectivity index (χ2n) is 8.43. The zero-order valence-corrected chi connectivity index (χ0v) is 19.7. The summed E-state index contributed by atoms with van der Waals surface area (Å²) in [5.41, 5.74) is 2.51. The van der Waals surface area contributed by atoms with Crippen LogP contribution in [-0.2, 0) is 30.8 Å². The molecule has 2 aliphatic heterocycles. The lowest BCUT2D eigenvalue weighted by Crippen LogP contribution is -2.54. The Hall–Kier alpha value is -2.75. The number of nitrogens with zero attached hydrogens (tertiary/aromatic N) is 2. The Morgan fingerprint density at radius 3 is 2.55 bits per heavy atom. The van der Waals surface area contributed by atoms with Gasteiger partial charge >= 0.3 is 0 Å². The molecule has 1 saturated heterocycles. The van der Waals surface area contributed by atoms with Crippen molar-refractivity contribution in [3.63, 3.8) is 0 Å². The van der Waals surface area contributed by atoms with Crippen molar-refractivity contribution in [3.8, 4) is 0 Å². The summed E-state index contributed by atoms with van der Waals surface area (Å²) in [5, 5.41) is 2.82. The molecule has 1 N–H and O–H groups in total. The molecule has 9 heteroatoms. The normalized spacial score (nSPS) is 20.6. The molecule has 1 fully saturated rings. The van der Waals surface area contributed by atoms with Gasteiger partial charge in [0.15, 0.2) is 0 Å². The maximum absolute atomic E-state index is 13.8. The van der Waals surface area contributed by atoms with Crippen LogP contribution in [0.25, 0.3) is 0 Å². The fraction of sp³-hybridized carbons (Fsp3) is 0.417. The number of ether oxygens (including phenoxy) is 1. The van der Waals surface area contributed by atoms with Crippen LogP contribution in [0.1, 0.15) is 24.0 Å². The number of aryl methyl sites for hydroxylation is 1. The Morgan fingerprint density at radius 1 is 1.09 bits per heavy atom. The number of methoxy groups -OCH3 is 1. The molecule has 2 amide bonds. The van der Waals surface area contributed by atoms with E-state index in [-0.39, 0.29) is 23.3 Å². The molecule has 2 aromatic rings. The molecule has 176 valence electrons. The molecule has 2 heterocycles. The molecular weight excluding hydrogens is 442 g/mol. The summed E-state index contributed by atoms with van der Waals surface area (Å²) in [6.07, 6.45) is 1.39. The number of rotatable bonds is 7. The molecule has 33 heavy (non-hydrogen) atoms.